The van der Waals surface area contributed by atoms with Crippen molar-refractivity contribution in [3.63, 3.8) is 0 Å². The third-order valence-electron chi connectivity index (χ3n) is 6.67. The highest BCUT2D eigenvalue weighted by Crippen LogP contribution is 2.56. The first kappa shape index (κ1) is 25.0. The Kier molecular flexibility index (Phi) is 5.53. The Balaban J connectivity index is 1.50. The molecule has 1 aliphatic carbocycles. The number of rotatable bonds is 4. The van der Waals surface area contributed by atoms with Crippen molar-refractivity contribution in [1.29, 1.82) is 0 Å². The molecule has 2 aliphatic heterocycles. The third-order valence-corrected chi connectivity index (χ3v) is 6.67. The average molecular weight is 529 g/mol. The summed E-state index contributed by atoms with van der Waals surface area (Å²) in [5.41, 5.74) is -3.56. The van der Waals surface area contributed by atoms with Crippen LogP contribution in [0.15, 0.2) is 22.9 Å². The Labute approximate surface area is 205 Å². The quantitative estimate of drug-likeness (QED) is 0.474. The highest BCUT2D eigenvalue weighted by Gasteiger charge is 2.62. The molecule has 3 atom stereocenters. The summed E-state index contributed by atoms with van der Waals surface area (Å²) >= 11 is 0. The average Bonchev–Trinajstić information content (AvgIpc) is 3.43. The van der Waals surface area contributed by atoms with E-state index in [1.54, 1.807) is 0 Å². The molecule has 37 heavy (non-hydrogen) atoms. The topological polar surface area (TPSA) is 102 Å². The van der Waals surface area contributed by atoms with Crippen LogP contribution < -0.4 is 5.32 Å². The van der Waals surface area contributed by atoms with Crippen LogP contribution in [-0.4, -0.2) is 41.9 Å². The fourth-order valence-corrected chi connectivity index (χ4v) is 5.26. The van der Waals surface area contributed by atoms with Crippen molar-refractivity contribution < 1.29 is 35.6 Å². The van der Waals surface area contributed by atoms with Crippen molar-refractivity contribution >= 4 is 11.7 Å². The Bertz CT molecular complexity index is 1360. The van der Waals surface area contributed by atoms with Crippen LogP contribution in [0.3, 0.4) is 0 Å². The van der Waals surface area contributed by atoms with Crippen molar-refractivity contribution in [2.45, 2.75) is 56.8 Å². The van der Waals surface area contributed by atoms with Crippen molar-refractivity contribution in [3.05, 3.63) is 41.6 Å². The summed E-state index contributed by atoms with van der Waals surface area (Å²) < 4.78 is 89.6. The van der Waals surface area contributed by atoms with E-state index in [0.717, 1.165) is 6.07 Å². The van der Waals surface area contributed by atoms with E-state index in [-0.39, 0.29) is 29.7 Å². The zero-order valence-electron chi connectivity index (χ0n) is 19.8. The molecular weight excluding hydrogens is 508 g/mol. The fraction of sp³-hybridized carbons (Fsp3) is 0.500. The highest BCUT2D eigenvalue weighted by atomic mass is 19.4. The van der Waals surface area contributed by atoms with Crippen molar-refractivity contribution in [3.8, 4) is 11.4 Å². The van der Waals surface area contributed by atoms with Crippen LogP contribution in [0.25, 0.3) is 11.4 Å². The number of piperidine rings is 1. The van der Waals surface area contributed by atoms with E-state index in [0.29, 0.717) is 26.2 Å². The van der Waals surface area contributed by atoms with Gasteiger partial charge in [-0.3, -0.25) is 4.68 Å². The number of halogens is 6. The lowest BCUT2D eigenvalue weighted by Gasteiger charge is -2.61. The number of urea groups is 1. The van der Waals surface area contributed by atoms with E-state index in [2.05, 4.69) is 25.6 Å². The smallest absolute Gasteiger partial charge is 0.417 e. The number of benzene rings is 1. The Morgan fingerprint density at radius 1 is 1.19 bits per heavy atom. The lowest BCUT2D eigenvalue weighted by atomic mass is 9.64. The predicted octanol–water partition coefficient (Wildman–Crippen LogP) is 5.07. The van der Waals surface area contributed by atoms with Gasteiger partial charge in [-0.1, -0.05) is 6.92 Å². The van der Waals surface area contributed by atoms with Gasteiger partial charge in [-0.05, 0) is 30.9 Å². The third kappa shape index (κ3) is 4.19. The van der Waals surface area contributed by atoms with Gasteiger partial charge in [0.05, 0.1) is 11.3 Å². The number of carbonyl (C=O) groups is 1. The molecule has 9 nitrogen and oxygen atoms in total. The number of aromatic nitrogens is 5. The second-order valence-electron chi connectivity index (χ2n) is 9.65. The van der Waals surface area contributed by atoms with Crippen molar-refractivity contribution in [1.82, 2.24) is 29.9 Å². The maximum Gasteiger partial charge on any atom is 0.417 e. The molecule has 2 saturated heterocycles. The van der Waals surface area contributed by atoms with Crippen LogP contribution in [0.5, 0.6) is 0 Å². The first-order chi connectivity index (χ1) is 17.2. The first-order valence-electron chi connectivity index (χ1n) is 11.3. The second kappa shape index (κ2) is 8.18. The van der Waals surface area contributed by atoms with Crippen LogP contribution in [0.2, 0.25) is 0 Å². The molecule has 1 aromatic carbocycles. The molecule has 3 fully saturated rings. The van der Waals surface area contributed by atoms with Crippen LogP contribution >= 0.6 is 0 Å². The monoisotopic (exact) mass is 529 g/mol. The Morgan fingerprint density at radius 3 is 2.51 bits per heavy atom. The molecule has 2 unspecified atom stereocenters. The molecular formula is C22H21F6N7O2. The van der Waals surface area contributed by atoms with E-state index in [9.17, 15) is 31.1 Å². The summed E-state index contributed by atoms with van der Waals surface area (Å²) in [6.07, 6.45) is -2.46. The number of alkyl halides is 5. The van der Waals surface area contributed by atoms with E-state index in [1.165, 1.54) is 23.0 Å². The first-order valence-corrected chi connectivity index (χ1v) is 11.3. The molecule has 198 valence electrons. The van der Waals surface area contributed by atoms with Gasteiger partial charge in [0.15, 0.2) is 5.82 Å². The summed E-state index contributed by atoms with van der Waals surface area (Å²) in [5, 5.41) is 13.4. The molecule has 0 radical (unpaired) electrons. The summed E-state index contributed by atoms with van der Waals surface area (Å²) in [5.74, 6) is -6.01. The van der Waals surface area contributed by atoms with Gasteiger partial charge in [0, 0.05) is 32.0 Å². The second-order valence-corrected chi connectivity index (χ2v) is 9.65. The highest BCUT2D eigenvalue weighted by molar-refractivity contribution is 5.92. The van der Waals surface area contributed by atoms with Gasteiger partial charge >= 0.3 is 18.1 Å². The molecule has 2 aromatic heterocycles. The number of anilines is 1. The minimum Gasteiger partial charge on any atom is -0.417 e. The normalized spacial score (nSPS) is 23.6. The number of hydrogen-bond acceptors (Lipinski definition) is 6. The maximum absolute atomic E-state index is 14.8. The maximum atomic E-state index is 14.8. The van der Waals surface area contributed by atoms with E-state index in [4.69, 9.17) is 4.42 Å². The Morgan fingerprint density at radius 2 is 1.92 bits per heavy atom. The number of hydrogen-bond donors (Lipinski definition) is 1. The summed E-state index contributed by atoms with van der Waals surface area (Å²) in [7, 11) is 1.45. The SMILES string of the molecule is C[C@@H]1CC2CC(c3nnc(C(C)(F)F)o3)(C1)N2C(=O)Nc1cc(-c2ncn(C)n2)c(C(F)(F)F)cc1F. The Hall–Kier alpha value is -3.65. The molecule has 6 rings (SSSR count). The van der Waals surface area contributed by atoms with Crippen LogP contribution in [0.1, 0.15) is 50.5 Å². The number of amides is 2. The minimum absolute atomic E-state index is 0.0879. The molecule has 3 aliphatic rings. The van der Waals surface area contributed by atoms with E-state index >= 15 is 0 Å². The lowest BCUT2D eigenvalue weighted by Crippen LogP contribution is -2.70. The summed E-state index contributed by atoms with van der Waals surface area (Å²) in [6.45, 7) is 2.52. The molecule has 2 amide bonds. The van der Waals surface area contributed by atoms with Gasteiger partial charge in [0.2, 0.25) is 5.89 Å². The summed E-state index contributed by atoms with van der Waals surface area (Å²) in [6, 6.07) is -0.0945. The van der Waals surface area contributed by atoms with Crippen LogP contribution in [-0.2, 0) is 24.7 Å². The van der Waals surface area contributed by atoms with E-state index < -0.39 is 52.2 Å². The molecule has 4 heterocycles. The molecule has 3 aromatic rings. The number of carbonyl (C=O) groups excluding carboxylic acids is 1. The number of nitrogens with zero attached hydrogens (tertiary/aromatic N) is 6. The van der Waals surface area contributed by atoms with Gasteiger partial charge in [0.25, 0.3) is 5.89 Å². The van der Waals surface area contributed by atoms with Gasteiger partial charge < -0.3 is 14.6 Å². The largest absolute Gasteiger partial charge is 0.417 e. The number of fused-ring (bicyclic) bond motifs is 2. The van der Waals surface area contributed by atoms with Gasteiger partial charge in [-0.25, -0.2) is 14.2 Å². The number of nitrogens with one attached hydrogen (secondary N) is 1. The fourth-order valence-electron chi connectivity index (χ4n) is 5.26. The van der Waals surface area contributed by atoms with Gasteiger partial charge in [-0.15, -0.1) is 10.2 Å². The minimum atomic E-state index is -4.91. The van der Waals surface area contributed by atoms with Crippen LogP contribution in [0, 0.1) is 11.7 Å². The standard InChI is InChI=1S/C22H21F6N7O2/c1-10-4-11-8-21(7-10,18-32-31-17(37-18)20(2,24)25)35(11)19(36)30-15-5-12(16-29-9-34(3)33-16)13(6-14(15)23)22(26,27)28/h5-6,9-11H,4,7-8H2,1-3H3,(H,30,36)/t10-,11?,21?/m1/s1. The molecule has 2 bridgehead atoms. The molecule has 1 N–H and O–H groups in total. The zero-order chi connectivity index (χ0) is 26.9. The predicted molar refractivity (Wildman–Crippen MR) is 115 cm³/mol. The molecule has 0 spiro atoms. The van der Waals surface area contributed by atoms with Gasteiger partial charge in [0.1, 0.15) is 17.7 Å². The number of aryl methyl sites for hydroxylation is 1. The lowest BCUT2D eigenvalue weighted by molar-refractivity contribution is -0.137. The molecule has 15 heteroatoms. The molecule has 1 saturated carbocycles. The summed E-state index contributed by atoms with van der Waals surface area (Å²) in [4.78, 5) is 18.5. The van der Waals surface area contributed by atoms with Crippen molar-refractivity contribution in [2.24, 2.45) is 13.0 Å². The van der Waals surface area contributed by atoms with Crippen LogP contribution in [0.4, 0.5) is 36.8 Å². The van der Waals surface area contributed by atoms with E-state index in [1.807, 2.05) is 6.92 Å². The van der Waals surface area contributed by atoms with Crippen molar-refractivity contribution in [2.75, 3.05) is 5.32 Å². The van der Waals surface area contributed by atoms with Gasteiger partial charge in [-0.2, -0.15) is 27.1 Å². The zero-order valence-corrected chi connectivity index (χ0v) is 19.8.